The lowest BCUT2D eigenvalue weighted by Crippen LogP contribution is -2.38. The maximum absolute atomic E-state index is 9.99. The van der Waals surface area contributed by atoms with Crippen molar-refractivity contribution in [2.24, 2.45) is 5.41 Å². The molecule has 0 aliphatic heterocycles. The van der Waals surface area contributed by atoms with Crippen molar-refractivity contribution in [3.8, 4) is 6.07 Å². The van der Waals surface area contributed by atoms with Gasteiger partial charge < -0.3 is 4.98 Å². The van der Waals surface area contributed by atoms with E-state index >= 15 is 0 Å². The van der Waals surface area contributed by atoms with Crippen LogP contribution in [0.1, 0.15) is 29.5 Å². The maximum Gasteiger partial charge on any atom is 0.0824 e. The number of nitrogens with zero attached hydrogens (tertiary/aromatic N) is 1. The second-order valence-corrected chi connectivity index (χ2v) is 7.52. The highest BCUT2D eigenvalue weighted by molar-refractivity contribution is 6.22. The van der Waals surface area contributed by atoms with Gasteiger partial charge >= 0.3 is 0 Å². The lowest BCUT2D eigenvalue weighted by atomic mass is 9.64. The molecule has 0 spiro atoms. The molecule has 0 saturated heterocycles. The molecule has 120 valence electrons. The van der Waals surface area contributed by atoms with Crippen LogP contribution in [0, 0.1) is 23.7 Å². The minimum absolute atomic E-state index is 0.130. The molecule has 1 aromatic heterocycles. The number of rotatable bonds is 1. The molecule has 2 nitrogen and oxygen atoms in total. The molecule has 1 heterocycles. The van der Waals surface area contributed by atoms with Crippen LogP contribution in [0.4, 0.5) is 0 Å². The minimum Gasteiger partial charge on any atom is -0.354 e. The monoisotopic (exact) mass is 334 g/mol. The first-order valence-electron chi connectivity index (χ1n) is 8.21. The Morgan fingerprint density at radius 1 is 1.42 bits per heavy atom. The Labute approximate surface area is 146 Å². The summed E-state index contributed by atoms with van der Waals surface area (Å²) in [5.41, 5.74) is 5.29. The zero-order valence-corrected chi connectivity index (χ0v) is 14.6. The van der Waals surface area contributed by atoms with E-state index in [4.69, 9.17) is 11.6 Å². The lowest BCUT2D eigenvalue weighted by Gasteiger charge is -2.41. The van der Waals surface area contributed by atoms with Gasteiger partial charge in [-0.1, -0.05) is 37.3 Å². The number of fused-ring (bicyclic) bond motifs is 5. The van der Waals surface area contributed by atoms with Crippen LogP contribution in [0.25, 0.3) is 21.8 Å². The summed E-state index contributed by atoms with van der Waals surface area (Å²) in [4.78, 5) is 3.53. The standard InChI is InChI=1S/C21H19ClN2/c1-4-21(3)15(11-23)18-13(10-17(21)22)9-12(2)20-19(18)14-7-5-6-8-16(14)24-20/h4-9,15,17,24H,1,10H2,2-3H3. The summed E-state index contributed by atoms with van der Waals surface area (Å²) in [6, 6.07) is 13.0. The largest absolute Gasteiger partial charge is 0.354 e. The van der Waals surface area contributed by atoms with Crippen molar-refractivity contribution in [3.05, 3.63) is 59.7 Å². The average molecular weight is 335 g/mol. The van der Waals surface area contributed by atoms with Gasteiger partial charge in [0.15, 0.2) is 0 Å². The Balaban J connectivity index is 2.19. The van der Waals surface area contributed by atoms with Gasteiger partial charge in [-0.25, -0.2) is 0 Å². The van der Waals surface area contributed by atoms with E-state index in [9.17, 15) is 5.26 Å². The Bertz CT molecular complexity index is 1020. The maximum atomic E-state index is 9.99. The Morgan fingerprint density at radius 2 is 2.17 bits per heavy atom. The van der Waals surface area contributed by atoms with Crippen molar-refractivity contribution in [1.29, 1.82) is 5.26 Å². The van der Waals surface area contributed by atoms with Crippen LogP contribution < -0.4 is 0 Å². The first kappa shape index (κ1) is 15.3. The van der Waals surface area contributed by atoms with Crippen LogP contribution in [0.5, 0.6) is 0 Å². The van der Waals surface area contributed by atoms with Crippen LogP contribution in [-0.4, -0.2) is 10.4 Å². The topological polar surface area (TPSA) is 39.6 Å². The summed E-state index contributed by atoms with van der Waals surface area (Å²) in [5.74, 6) is -0.302. The van der Waals surface area contributed by atoms with Gasteiger partial charge in [0, 0.05) is 32.6 Å². The van der Waals surface area contributed by atoms with Gasteiger partial charge in [0.1, 0.15) is 0 Å². The van der Waals surface area contributed by atoms with E-state index in [2.05, 4.69) is 49.7 Å². The number of alkyl halides is 1. The number of halogens is 1. The van der Waals surface area contributed by atoms with E-state index < -0.39 is 5.41 Å². The molecule has 3 aromatic rings. The minimum atomic E-state index is -0.441. The number of aromatic amines is 1. The Hall–Kier alpha value is -2.24. The highest BCUT2D eigenvalue weighted by Gasteiger charge is 2.45. The van der Waals surface area contributed by atoms with Crippen molar-refractivity contribution >= 4 is 33.4 Å². The van der Waals surface area contributed by atoms with Gasteiger partial charge in [-0.2, -0.15) is 5.26 Å². The molecule has 4 rings (SSSR count). The van der Waals surface area contributed by atoms with Crippen LogP contribution in [-0.2, 0) is 6.42 Å². The summed E-state index contributed by atoms with van der Waals surface area (Å²) in [6.45, 7) is 8.15. The molecule has 0 fully saturated rings. The van der Waals surface area contributed by atoms with Gasteiger partial charge in [0.25, 0.3) is 0 Å². The van der Waals surface area contributed by atoms with Crippen LogP contribution in [0.3, 0.4) is 0 Å². The van der Waals surface area contributed by atoms with Gasteiger partial charge in [0.05, 0.1) is 12.0 Å². The van der Waals surface area contributed by atoms with Crippen LogP contribution in [0.2, 0.25) is 0 Å². The van der Waals surface area contributed by atoms with E-state index in [0.717, 1.165) is 23.0 Å². The molecular formula is C21H19ClN2. The van der Waals surface area contributed by atoms with Gasteiger partial charge in [0.2, 0.25) is 0 Å². The summed E-state index contributed by atoms with van der Waals surface area (Å²) in [7, 11) is 0. The van der Waals surface area contributed by atoms with Crippen molar-refractivity contribution < 1.29 is 0 Å². The summed E-state index contributed by atoms with van der Waals surface area (Å²) in [6.07, 6.45) is 2.62. The van der Waals surface area contributed by atoms with E-state index in [0.29, 0.717) is 0 Å². The van der Waals surface area contributed by atoms with E-state index in [1.54, 1.807) is 0 Å². The Morgan fingerprint density at radius 3 is 2.88 bits per heavy atom. The molecule has 3 atom stereocenters. The second-order valence-electron chi connectivity index (χ2n) is 6.99. The Kier molecular flexibility index (Phi) is 3.27. The number of aryl methyl sites for hydroxylation is 1. The third kappa shape index (κ3) is 1.82. The fourth-order valence-electron chi connectivity index (χ4n) is 4.14. The highest BCUT2D eigenvalue weighted by Crippen LogP contribution is 2.51. The first-order valence-corrected chi connectivity index (χ1v) is 8.65. The predicted molar refractivity (Wildman–Crippen MR) is 101 cm³/mol. The number of benzene rings is 2. The van der Waals surface area contributed by atoms with Crippen LogP contribution >= 0.6 is 11.6 Å². The van der Waals surface area contributed by atoms with Gasteiger partial charge in [-0.05, 0) is 36.1 Å². The molecule has 0 saturated carbocycles. The SMILES string of the molecule is C=CC1(C)C(Cl)Cc2cc(C)c3[nH]c4ccccc4c3c2C1C#N. The van der Waals surface area contributed by atoms with E-state index in [-0.39, 0.29) is 11.3 Å². The molecule has 1 N–H and O–H groups in total. The fourth-order valence-corrected chi connectivity index (χ4v) is 4.52. The summed E-state index contributed by atoms with van der Waals surface area (Å²) < 4.78 is 0. The molecule has 0 amide bonds. The molecule has 2 aromatic carbocycles. The molecule has 1 aliphatic rings. The number of hydrogen-bond acceptors (Lipinski definition) is 1. The number of nitriles is 1. The van der Waals surface area contributed by atoms with Gasteiger partial charge in [-0.3, -0.25) is 0 Å². The molecule has 0 radical (unpaired) electrons. The van der Waals surface area contributed by atoms with Crippen molar-refractivity contribution in [2.75, 3.05) is 0 Å². The first-order chi connectivity index (χ1) is 11.5. The van der Waals surface area contributed by atoms with E-state index in [1.807, 2.05) is 18.2 Å². The number of hydrogen-bond donors (Lipinski definition) is 1. The predicted octanol–water partition coefficient (Wildman–Crippen LogP) is 5.59. The van der Waals surface area contributed by atoms with Crippen molar-refractivity contribution in [1.82, 2.24) is 4.98 Å². The van der Waals surface area contributed by atoms with Crippen molar-refractivity contribution in [2.45, 2.75) is 31.6 Å². The average Bonchev–Trinajstić information content (AvgIpc) is 2.97. The second kappa shape index (κ2) is 5.13. The summed E-state index contributed by atoms with van der Waals surface area (Å²) in [5, 5.41) is 12.2. The fraction of sp³-hybridized carbons (Fsp3) is 0.286. The zero-order valence-electron chi connectivity index (χ0n) is 13.9. The summed E-state index contributed by atoms with van der Waals surface area (Å²) >= 11 is 6.69. The number of aromatic nitrogens is 1. The van der Waals surface area contributed by atoms with Gasteiger partial charge in [-0.15, -0.1) is 18.2 Å². The van der Waals surface area contributed by atoms with Crippen molar-refractivity contribution in [3.63, 3.8) is 0 Å². The molecule has 0 bridgehead atoms. The third-order valence-corrected chi connectivity index (χ3v) is 6.28. The number of allylic oxidation sites excluding steroid dienone is 1. The smallest absolute Gasteiger partial charge is 0.0824 e. The number of nitrogens with one attached hydrogen (secondary N) is 1. The molecule has 3 unspecified atom stereocenters. The molecule has 3 heteroatoms. The number of para-hydroxylation sites is 1. The number of H-pyrrole nitrogens is 1. The molecular weight excluding hydrogens is 316 g/mol. The normalized spacial score (nSPS) is 26.2. The molecule has 24 heavy (non-hydrogen) atoms. The molecule has 1 aliphatic carbocycles. The quantitative estimate of drug-likeness (QED) is 0.457. The lowest BCUT2D eigenvalue weighted by molar-refractivity contribution is 0.345. The van der Waals surface area contributed by atoms with Crippen LogP contribution in [0.15, 0.2) is 43.0 Å². The zero-order chi connectivity index (χ0) is 17.1. The highest BCUT2D eigenvalue weighted by atomic mass is 35.5. The third-order valence-electron chi connectivity index (χ3n) is 5.66. The van der Waals surface area contributed by atoms with E-state index in [1.165, 1.54) is 21.9 Å².